The van der Waals surface area contributed by atoms with Crippen LogP contribution in [0.15, 0.2) is 11.0 Å². The smallest absolute Gasteiger partial charge is 0.343 e. The average molecular weight is 195 g/mol. The number of H-pyrrole nitrogens is 1. The highest BCUT2D eigenvalue weighted by molar-refractivity contribution is 5.90. The minimum atomic E-state index is -0.560. The molecule has 1 heterocycles. The summed E-state index contributed by atoms with van der Waals surface area (Å²) in [4.78, 5) is 25.8. The van der Waals surface area contributed by atoms with Crippen LogP contribution in [0.3, 0.4) is 0 Å². The molecule has 0 fully saturated rings. The fourth-order valence-electron chi connectivity index (χ4n) is 1.17. The number of aromatic amines is 1. The summed E-state index contributed by atoms with van der Waals surface area (Å²) in [6.45, 7) is 5.30. The number of hydrogen-bond donors (Lipinski definition) is 1. The summed E-state index contributed by atoms with van der Waals surface area (Å²) in [5, 5.41) is 0. The molecule has 0 atom stereocenters. The first kappa shape index (κ1) is 10.5. The molecule has 1 aromatic heterocycles. The topological polar surface area (TPSA) is 59.2 Å². The van der Waals surface area contributed by atoms with E-state index in [1.165, 1.54) is 0 Å². The average Bonchev–Trinajstić information content (AvgIpc) is 2.13. The maximum Gasteiger partial charge on any atom is 0.343 e. The number of hydrogen-bond acceptors (Lipinski definition) is 3. The van der Waals surface area contributed by atoms with E-state index in [0.29, 0.717) is 11.3 Å². The molecule has 0 radical (unpaired) electrons. The number of carbonyl (C=O) groups excluding carboxylic acids is 1. The monoisotopic (exact) mass is 195 g/mol. The molecule has 1 aromatic rings. The van der Waals surface area contributed by atoms with E-state index in [4.69, 9.17) is 4.74 Å². The molecule has 0 aliphatic rings. The van der Waals surface area contributed by atoms with E-state index in [0.717, 1.165) is 0 Å². The molecule has 0 unspecified atom stereocenters. The molecule has 0 saturated heterocycles. The molecule has 0 spiro atoms. The standard InChI is InChI=1S/C10H13NO3/c1-4-14-10(13)8-7(3)11-5-6(2)9(8)12/h5H,4H2,1-3H3,(H,11,12). The lowest BCUT2D eigenvalue weighted by molar-refractivity contribution is 0.0523. The fourth-order valence-corrected chi connectivity index (χ4v) is 1.17. The molecule has 0 bridgehead atoms. The lowest BCUT2D eigenvalue weighted by atomic mass is 10.1. The van der Waals surface area contributed by atoms with Crippen LogP contribution in [-0.4, -0.2) is 17.6 Å². The third kappa shape index (κ3) is 1.84. The second kappa shape index (κ2) is 4.09. The van der Waals surface area contributed by atoms with Crippen LogP contribution in [0.25, 0.3) is 0 Å². The molecule has 1 rings (SSSR count). The van der Waals surface area contributed by atoms with E-state index in [-0.39, 0.29) is 17.6 Å². The normalized spacial score (nSPS) is 9.93. The van der Waals surface area contributed by atoms with Gasteiger partial charge in [0.1, 0.15) is 5.56 Å². The Kier molecular flexibility index (Phi) is 3.06. The Morgan fingerprint density at radius 3 is 2.71 bits per heavy atom. The predicted molar refractivity (Wildman–Crippen MR) is 52.5 cm³/mol. The molecule has 0 saturated carbocycles. The summed E-state index contributed by atoms with van der Waals surface area (Å²) in [6.07, 6.45) is 1.58. The number of nitrogens with one attached hydrogen (secondary N) is 1. The SMILES string of the molecule is CCOC(=O)c1c(C)[nH]cc(C)c1=O. The van der Waals surface area contributed by atoms with Crippen molar-refractivity contribution in [3.05, 3.63) is 33.2 Å². The van der Waals surface area contributed by atoms with E-state index in [1.54, 1.807) is 27.0 Å². The van der Waals surface area contributed by atoms with Crippen LogP contribution in [0.4, 0.5) is 0 Å². The van der Waals surface area contributed by atoms with Crippen molar-refractivity contribution in [2.24, 2.45) is 0 Å². The zero-order chi connectivity index (χ0) is 10.7. The summed E-state index contributed by atoms with van der Waals surface area (Å²) in [5.41, 5.74) is 0.893. The van der Waals surface area contributed by atoms with Crippen molar-refractivity contribution in [3.8, 4) is 0 Å². The molecular weight excluding hydrogens is 182 g/mol. The number of pyridine rings is 1. The minimum absolute atomic E-state index is 0.104. The first-order valence-electron chi connectivity index (χ1n) is 4.44. The van der Waals surface area contributed by atoms with Gasteiger partial charge in [0, 0.05) is 17.5 Å². The molecule has 1 N–H and O–H groups in total. The Labute approximate surface area is 81.9 Å². The Balaban J connectivity index is 3.26. The zero-order valence-corrected chi connectivity index (χ0v) is 8.51. The van der Waals surface area contributed by atoms with Gasteiger partial charge in [0.2, 0.25) is 0 Å². The van der Waals surface area contributed by atoms with Gasteiger partial charge in [-0.1, -0.05) is 0 Å². The molecule has 0 aliphatic heterocycles. The Bertz CT molecular complexity index is 406. The predicted octanol–water partition coefficient (Wildman–Crippen LogP) is 1.17. The van der Waals surface area contributed by atoms with Crippen LogP contribution < -0.4 is 5.43 Å². The molecule has 0 aliphatic carbocycles. The van der Waals surface area contributed by atoms with E-state index >= 15 is 0 Å². The van der Waals surface area contributed by atoms with Gasteiger partial charge in [0.15, 0.2) is 5.43 Å². The Morgan fingerprint density at radius 1 is 1.50 bits per heavy atom. The minimum Gasteiger partial charge on any atom is -0.462 e. The largest absolute Gasteiger partial charge is 0.462 e. The van der Waals surface area contributed by atoms with E-state index in [2.05, 4.69) is 4.98 Å². The highest BCUT2D eigenvalue weighted by Gasteiger charge is 2.15. The first-order valence-corrected chi connectivity index (χ1v) is 4.44. The third-order valence-electron chi connectivity index (χ3n) is 1.94. The van der Waals surface area contributed by atoms with E-state index in [1.807, 2.05) is 0 Å². The van der Waals surface area contributed by atoms with Crippen molar-refractivity contribution in [2.75, 3.05) is 6.61 Å². The van der Waals surface area contributed by atoms with Gasteiger partial charge in [-0.2, -0.15) is 0 Å². The first-order chi connectivity index (χ1) is 6.57. The number of aryl methyl sites for hydroxylation is 2. The Hall–Kier alpha value is -1.58. The van der Waals surface area contributed by atoms with Crippen LogP contribution in [0.1, 0.15) is 28.5 Å². The fraction of sp³-hybridized carbons (Fsp3) is 0.400. The summed E-state index contributed by atoms with van der Waals surface area (Å²) in [6, 6.07) is 0. The van der Waals surface area contributed by atoms with E-state index in [9.17, 15) is 9.59 Å². The number of esters is 1. The van der Waals surface area contributed by atoms with Gasteiger partial charge in [-0.05, 0) is 20.8 Å². The summed E-state index contributed by atoms with van der Waals surface area (Å²) in [7, 11) is 0. The molecule has 4 heteroatoms. The molecule has 76 valence electrons. The number of carbonyl (C=O) groups is 1. The summed E-state index contributed by atoms with van der Waals surface area (Å²) in [5.74, 6) is -0.560. The molecular formula is C10H13NO3. The van der Waals surface area contributed by atoms with E-state index < -0.39 is 5.97 Å². The molecule has 4 nitrogen and oxygen atoms in total. The third-order valence-corrected chi connectivity index (χ3v) is 1.94. The van der Waals surface area contributed by atoms with Gasteiger partial charge >= 0.3 is 5.97 Å². The summed E-state index contributed by atoms with van der Waals surface area (Å²) < 4.78 is 4.79. The van der Waals surface area contributed by atoms with Crippen molar-refractivity contribution in [1.82, 2.24) is 4.98 Å². The molecule has 0 amide bonds. The van der Waals surface area contributed by atoms with Crippen molar-refractivity contribution < 1.29 is 9.53 Å². The number of ether oxygens (including phenoxy) is 1. The quantitative estimate of drug-likeness (QED) is 0.720. The second-order valence-corrected chi connectivity index (χ2v) is 3.02. The van der Waals surface area contributed by atoms with Gasteiger partial charge in [0.05, 0.1) is 6.61 Å². The van der Waals surface area contributed by atoms with Crippen LogP contribution in [0, 0.1) is 13.8 Å². The highest BCUT2D eigenvalue weighted by Crippen LogP contribution is 2.02. The highest BCUT2D eigenvalue weighted by atomic mass is 16.5. The maximum absolute atomic E-state index is 11.6. The number of aromatic nitrogens is 1. The van der Waals surface area contributed by atoms with Gasteiger partial charge in [0.25, 0.3) is 0 Å². The lowest BCUT2D eigenvalue weighted by Crippen LogP contribution is -2.21. The lowest BCUT2D eigenvalue weighted by Gasteiger charge is -2.05. The van der Waals surface area contributed by atoms with Gasteiger partial charge in [-0.15, -0.1) is 0 Å². The van der Waals surface area contributed by atoms with Crippen LogP contribution in [0.2, 0.25) is 0 Å². The van der Waals surface area contributed by atoms with Crippen molar-refractivity contribution in [3.63, 3.8) is 0 Å². The van der Waals surface area contributed by atoms with Gasteiger partial charge < -0.3 is 9.72 Å². The molecule has 14 heavy (non-hydrogen) atoms. The van der Waals surface area contributed by atoms with Gasteiger partial charge in [-0.3, -0.25) is 4.79 Å². The van der Waals surface area contributed by atoms with Crippen LogP contribution in [0.5, 0.6) is 0 Å². The number of rotatable bonds is 2. The molecule has 0 aromatic carbocycles. The van der Waals surface area contributed by atoms with Gasteiger partial charge in [-0.25, -0.2) is 4.79 Å². The van der Waals surface area contributed by atoms with Crippen molar-refractivity contribution >= 4 is 5.97 Å². The zero-order valence-electron chi connectivity index (χ0n) is 8.51. The summed E-state index contributed by atoms with van der Waals surface area (Å²) >= 11 is 0. The van der Waals surface area contributed by atoms with Crippen molar-refractivity contribution in [2.45, 2.75) is 20.8 Å². The van der Waals surface area contributed by atoms with Crippen LogP contribution >= 0.6 is 0 Å². The second-order valence-electron chi connectivity index (χ2n) is 3.02. The maximum atomic E-state index is 11.6. The van der Waals surface area contributed by atoms with Crippen molar-refractivity contribution in [1.29, 1.82) is 0 Å². The Morgan fingerprint density at radius 2 is 2.14 bits per heavy atom. The van der Waals surface area contributed by atoms with Crippen LogP contribution in [-0.2, 0) is 4.74 Å².